The van der Waals surface area contributed by atoms with Crippen LogP contribution in [0.25, 0.3) is 0 Å². The fraction of sp³-hybridized carbons (Fsp3) is 0.368. The van der Waals surface area contributed by atoms with Gasteiger partial charge in [0.05, 0.1) is 18.1 Å². The maximum Gasteiger partial charge on any atom is 0.266 e. The summed E-state index contributed by atoms with van der Waals surface area (Å²) in [6.07, 6.45) is 5.14. The average Bonchev–Trinajstić information content (AvgIpc) is 2.93. The van der Waals surface area contributed by atoms with Crippen molar-refractivity contribution in [3.63, 3.8) is 0 Å². The summed E-state index contributed by atoms with van der Waals surface area (Å²) in [7, 11) is 0. The largest absolute Gasteiger partial charge is 0.468 e. The zero-order chi connectivity index (χ0) is 17.5. The minimum Gasteiger partial charge on any atom is -0.468 e. The number of nitrogens with zero attached hydrogens (tertiary/aromatic N) is 1. The van der Waals surface area contributed by atoms with Crippen molar-refractivity contribution in [3.05, 3.63) is 60.7 Å². The van der Waals surface area contributed by atoms with Crippen LogP contribution >= 0.6 is 12.2 Å². The number of aliphatic hydroxyl groups is 1. The Morgan fingerprint density at radius 3 is 2.83 bits per heavy atom. The number of carbonyl (C=O) groups is 1. The highest BCUT2D eigenvalue weighted by Crippen LogP contribution is 2.23. The first kappa shape index (κ1) is 18.4. The summed E-state index contributed by atoms with van der Waals surface area (Å²) in [6.45, 7) is 5.87. The molecule has 24 heavy (non-hydrogen) atoms. The molecule has 0 aromatic heterocycles. The van der Waals surface area contributed by atoms with E-state index in [0.29, 0.717) is 19.4 Å². The summed E-state index contributed by atoms with van der Waals surface area (Å²) >= 11 is 5.22. The Labute approximate surface area is 148 Å². The molecule has 0 radical (unpaired) electrons. The maximum absolute atomic E-state index is 13.0. The van der Waals surface area contributed by atoms with Crippen molar-refractivity contribution < 1.29 is 14.6 Å². The van der Waals surface area contributed by atoms with Gasteiger partial charge < -0.3 is 9.84 Å². The fourth-order valence-electron chi connectivity index (χ4n) is 2.84. The van der Waals surface area contributed by atoms with Crippen molar-refractivity contribution in [2.24, 2.45) is 5.92 Å². The van der Waals surface area contributed by atoms with Gasteiger partial charge in [-0.3, -0.25) is 9.69 Å². The van der Waals surface area contributed by atoms with Gasteiger partial charge in [0.15, 0.2) is 0 Å². The van der Waals surface area contributed by atoms with E-state index in [-0.39, 0.29) is 17.1 Å². The Bertz CT molecular complexity index is 614. The van der Waals surface area contributed by atoms with Gasteiger partial charge in [-0.25, -0.2) is 0 Å². The molecule has 1 aromatic rings. The highest BCUT2D eigenvalue weighted by Gasteiger charge is 2.39. The van der Waals surface area contributed by atoms with Crippen LogP contribution in [0, 0.1) is 5.92 Å². The number of aliphatic hydroxyl groups excluding tert-OH is 1. The van der Waals surface area contributed by atoms with E-state index in [2.05, 4.69) is 6.58 Å². The molecule has 1 amide bonds. The zero-order valence-corrected chi connectivity index (χ0v) is 14.6. The topological polar surface area (TPSA) is 49.8 Å². The number of amides is 1. The van der Waals surface area contributed by atoms with Crippen LogP contribution in [0.2, 0.25) is 0 Å². The van der Waals surface area contributed by atoms with E-state index >= 15 is 0 Å². The quantitative estimate of drug-likeness (QED) is 0.610. The van der Waals surface area contributed by atoms with Gasteiger partial charge in [-0.1, -0.05) is 48.6 Å². The second kappa shape index (κ2) is 8.76. The third kappa shape index (κ3) is 4.30. The second-order valence-electron chi connectivity index (χ2n) is 5.78. The number of carbonyl (C=O) groups excluding carboxylic acids is 1. The highest BCUT2D eigenvalue weighted by molar-refractivity contribution is 7.80. The van der Waals surface area contributed by atoms with Crippen molar-refractivity contribution in [2.45, 2.75) is 31.9 Å². The fourth-order valence-corrected chi connectivity index (χ4v) is 3.15. The van der Waals surface area contributed by atoms with Crippen LogP contribution in [0.1, 0.15) is 18.9 Å². The third-order valence-corrected chi connectivity index (χ3v) is 4.37. The molecule has 1 aromatic carbocycles. The molecule has 0 bridgehead atoms. The number of allylic oxidation sites excluding steroid dienone is 2. The number of benzene rings is 1. The normalized spacial score (nSPS) is 20.0. The van der Waals surface area contributed by atoms with Crippen LogP contribution in [0.4, 0.5) is 0 Å². The first-order chi connectivity index (χ1) is 11.6. The minimum absolute atomic E-state index is 0.155. The van der Waals surface area contributed by atoms with Crippen molar-refractivity contribution in [3.8, 4) is 0 Å². The molecule has 0 unspecified atom stereocenters. The van der Waals surface area contributed by atoms with E-state index in [9.17, 15) is 9.90 Å². The zero-order valence-electron chi connectivity index (χ0n) is 13.8. The first-order valence-corrected chi connectivity index (χ1v) is 8.44. The lowest BCUT2D eigenvalue weighted by Gasteiger charge is -2.27. The molecule has 1 aliphatic rings. The van der Waals surface area contributed by atoms with Crippen LogP contribution in [0.3, 0.4) is 0 Å². The van der Waals surface area contributed by atoms with Crippen molar-refractivity contribution in [2.75, 3.05) is 6.61 Å². The summed E-state index contributed by atoms with van der Waals surface area (Å²) in [4.78, 5) is 14.5. The summed E-state index contributed by atoms with van der Waals surface area (Å²) in [5.74, 6) is -0.833. The molecule has 0 aliphatic carbocycles. The Morgan fingerprint density at radius 2 is 2.21 bits per heavy atom. The smallest absolute Gasteiger partial charge is 0.266 e. The van der Waals surface area contributed by atoms with Crippen molar-refractivity contribution in [1.29, 1.82) is 0 Å². The van der Waals surface area contributed by atoms with Crippen LogP contribution < -0.4 is 0 Å². The Balaban J connectivity index is 2.19. The highest BCUT2D eigenvalue weighted by atomic mass is 32.1. The molecule has 1 fully saturated rings. The van der Waals surface area contributed by atoms with Gasteiger partial charge in [-0.15, -0.1) is 6.58 Å². The molecule has 1 aliphatic heterocycles. The van der Waals surface area contributed by atoms with Crippen molar-refractivity contribution >= 4 is 23.3 Å². The monoisotopic (exact) mass is 345 g/mol. The van der Waals surface area contributed by atoms with E-state index in [4.69, 9.17) is 17.0 Å². The van der Waals surface area contributed by atoms with E-state index < -0.39 is 12.0 Å². The number of hydrogen-bond donors (Lipinski definition) is 1. The van der Waals surface area contributed by atoms with E-state index in [1.54, 1.807) is 25.2 Å². The molecular weight excluding hydrogens is 322 g/mol. The molecule has 128 valence electrons. The molecular formula is C19H23NO3S. The summed E-state index contributed by atoms with van der Waals surface area (Å²) in [5.41, 5.74) is 1.11. The first-order valence-electron chi connectivity index (χ1n) is 8.04. The molecule has 0 spiro atoms. The predicted octanol–water partition coefficient (Wildman–Crippen LogP) is 2.87. The Morgan fingerprint density at radius 1 is 1.50 bits per heavy atom. The van der Waals surface area contributed by atoms with Crippen LogP contribution in [-0.4, -0.2) is 39.8 Å². The van der Waals surface area contributed by atoms with Gasteiger partial charge >= 0.3 is 0 Å². The SMILES string of the molecule is C=CC[C@H](C(=O)N1C(=S)OC[C@@H]1Cc1ccccc1)[C@H](O)/C=C/C. The lowest BCUT2D eigenvalue weighted by molar-refractivity contribution is -0.135. The minimum atomic E-state index is -0.874. The van der Waals surface area contributed by atoms with Crippen molar-refractivity contribution in [1.82, 2.24) is 4.90 Å². The molecule has 1 N–H and O–H groups in total. The lowest BCUT2D eigenvalue weighted by Crippen LogP contribution is -2.46. The lowest BCUT2D eigenvalue weighted by atomic mass is 9.95. The maximum atomic E-state index is 13.0. The molecule has 1 heterocycles. The molecule has 4 nitrogen and oxygen atoms in total. The molecule has 2 rings (SSSR count). The number of thiocarbonyl (C=S) groups is 1. The standard InChI is InChI=1S/C19H23NO3S/c1-3-8-16(17(21)9-4-2)18(22)20-15(13-23-19(20)24)12-14-10-6-5-7-11-14/h3-7,9-11,15-17,21H,1,8,12-13H2,2H3/b9-4+/t15-,16-,17+/m0/s1. The van der Waals surface area contributed by atoms with Gasteiger partial charge in [-0.05, 0) is 37.5 Å². The number of ether oxygens (including phenoxy) is 1. The van der Waals surface area contributed by atoms with E-state index in [1.165, 1.54) is 4.90 Å². The van der Waals surface area contributed by atoms with E-state index in [1.807, 2.05) is 30.3 Å². The van der Waals surface area contributed by atoms with Gasteiger partial charge in [0.2, 0.25) is 5.91 Å². The second-order valence-corrected chi connectivity index (χ2v) is 6.13. The average molecular weight is 345 g/mol. The third-order valence-electron chi connectivity index (χ3n) is 4.05. The van der Waals surface area contributed by atoms with Gasteiger partial charge in [0.1, 0.15) is 6.61 Å². The predicted molar refractivity (Wildman–Crippen MR) is 98.5 cm³/mol. The van der Waals surface area contributed by atoms with Crippen LogP contribution in [0.5, 0.6) is 0 Å². The Kier molecular flexibility index (Phi) is 6.70. The van der Waals surface area contributed by atoms with Gasteiger partial charge in [-0.2, -0.15) is 0 Å². The Hall–Kier alpha value is -1.98. The number of hydrogen-bond acceptors (Lipinski definition) is 4. The molecule has 1 saturated heterocycles. The summed E-state index contributed by atoms with van der Waals surface area (Å²) < 4.78 is 5.45. The summed E-state index contributed by atoms with van der Waals surface area (Å²) in [5, 5.41) is 10.4. The van der Waals surface area contributed by atoms with E-state index in [0.717, 1.165) is 5.56 Å². The summed E-state index contributed by atoms with van der Waals surface area (Å²) in [6, 6.07) is 9.76. The molecule has 3 atom stereocenters. The molecule has 5 heteroatoms. The number of rotatable bonds is 7. The van der Waals surface area contributed by atoms with Crippen LogP contribution in [0.15, 0.2) is 55.1 Å². The van der Waals surface area contributed by atoms with Gasteiger partial charge in [0.25, 0.3) is 5.17 Å². The van der Waals surface area contributed by atoms with Gasteiger partial charge in [0, 0.05) is 0 Å². The molecule has 0 saturated carbocycles. The van der Waals surface area contributed by atoms with Crippen LogP contribution in [-0.2, 0) is 16.0 Å².